The number of aromatic nitrogens is 4. The first kappa shape index (κ1) is 33.1. The summed E-state index contributed by atoms with van der Waals surface area (Å²) in [6.07, 6.45) is 3.51. The van der Waals surface area contributed by atoms with Crippen LogP contribution in [0.1, 0.15) is 76.9 Å². The number of carboxylic acids is 1. The van der Waals surface area contributed by atoms with Crippen molar-refractivity contribution in [3.05, 3.63) is 128 Å². The second-order valence-electron chi connectivity index (χ2n) is 12.4. The number of aromatic carboxylic acids is 1. The Hall–Kier alpha value is -5.24. The fraction of sp³-hybridized carbons (Fsp3) is 0.282. The molecule has 6 aromatic rings. The van der Waals surface area contributed by atoms with E-state index < -0.39 is 5.97 Å². The number of hydrogen-bond donors (Lipinski definition) is 1. The number of carboxylic acid groups (broad SMARTS) is 1. The van der Waals surface area contributed by atoms with Gasteiger partial charge in [0.05, 0.1) is 18.1 Å². The van der Waals surface area contributed by atoms with Gasteiger partial charge in [0.2, 0.25) is 0 Å². The molecule has 242 valence electrons. The molecule has 0 radical (unpaired) electrons. The van der Waals surface area contributed by atoms with Crippen molar-refractivity contribution in [2.24, 2.45) is 0 Å². The minimum Gasteiger partial charge on any atom is -0.477 e. The maximum absolute atomic E-state index is 12.3. The number of nitrogens with zero attached hydrogens (tertiary/aromatic N) is 4. The van der Waals surface area contributed by atoms with Crippen LogP contribution in [0.4, 0.5) is 0 Å². The number of methoxy groups -OCH3 is 1. The number of ether oxygens (including phenoxy) is 1. The van der Waals surface area contributed by atoms with Crippen LogP contribution in [0.3, 0.4) is 0 Å². The lowest BCUT2D eigenvalue weighted by Gasteiger charge is -2.15. The summed E-state index contributed by atoms with van der Waals surface area (Å²) in [7, 11) is 1.41. The molecule has 4 heterocycles. The number of hydrogen-bond acceptors (Lipinski definition) is 5. The molecule has 0 aliphatic heterocycles. The second-order valence-corrected chi connectivity index (χ2v) is 12.4. The highest BCUT2D eigenvalue weighted by atomic mass is 16.5. The monoisotopic (exact) mass is 630 g/mol. The van der Waals surface area contributed by atoms with Crippen molar-refractivity contribution in [3.8, 4) is 0 Å². The van der Waals surface area contributed by atoms with Crippen LogP contribution >= 0.6 is 0 Å². The Labute approximate surface area is 275 Å². The molecule has 1 N–H and O–H groups in total. The van der Waals surface area contributed by atoms with Crippen molar-refractivity contribution in [3.63, 3.8) is 0 Å². The SMILES string of the molecule is COC(=O)c1cc2c(C)nccc2n1Cc1c(C)cc(C)cc1C.Cc1cc(C)c(Cn2c(C(=O)O)cc3c(C)nccc32)c(C)c1. The Bertz CT molecular complexity index is 2120. The minimum atomic E-state index is -0.914. The molecule has 0 saturated carbocycles. The first-order valence-corrected chi connectivity index (χ1v) is 15.6. The van der Waals surface area contributed by atoms with Gasteiger partial charge in [-0.05, 0) is 113 Å². The number of carbonyl (C=O) groups is 2. The molecular formula is C39H42N4O4. The first-order valence-electron chi connectivity index (χ1n) is 15.6. The van der Waals surface area contributed by atoms with Crippen LogP contribution in [-0.4, -0.2) is 43.3 Å². The molecule has 0 aliphatic carbocycles. The molecule has 2 aromatic carbocycles. The molecule has 0 bridgehead atoms. The number of fused-ring (bicyclic) bond motifs is 2. The summed E-state index contributed by atoms with van der Waals surface area (Å²) in [5, 5.41) is 11.5. The lowest BCUT2D eigenvalue weighted by molar-refractivity contribution is 0.0588. The maximum atomic E-state index is 12.3. The van der Waals surface area contributed by atoms with Gasteiger partial charge in [-0.2, -0.15) is 0 Å². The van der Waals surface area contributed by atoms with Crippen LogP contribution in [0.15, 0.2) is 60.9 Å². The van der Waals surface area contributed by atoms with Gasteiger partial charge in [0, 0.05) is 47.6 Å². The Morgan fingerprint density at radius 2 is 1.02 bits per heavy atom. The highest BCUT2D eigenvalue weighted by molar-refractivity contribution is 5.97. The second kappa shape index (κ2) is 13.2. The molecule has 8 nitrogen and oxygen atoms in total. The van der Waals surface area contributed by atoms with Gasteiger partial charge in [-0.25, -0.2) is 9.59 Å². The zero-order valence-electron chi connectivity index (χ0n) is 28.6. The highest BCUT2D eigenvalue weighted by Crippen LogP contribution is 2.27. The normalized spacial score (nSPS) is 11.1. The number of aryl methyl sites for hydroxylation is 8. The molecule has 8 heteroatoms. The van der Waals surface area contributed by atoms with E-state index in [-0.39, 0.29) is 5.97 Å². The zero-order chi connectivity index (χ0) is 34.2. The van der Waals surface area contributed by atoms with E-state index in [0.29, 0.717) is 24.5 Å². The van der Waals surface area contributed by atoms with Gasteiger partial charge in [-0.1, -0.05) is 35.4 Å². The Morgan fingerprint density at radius 3 is 1.40 bits per heavy atom. The van der Waals surface area contributed by atoms with E-state index in [0.717, 1.165) is 33.2 Å². The van der Waals surface area contributed by atoms with Gasteiger partial charge < -0.3 is 19.0 Å². The van der Waals surface area contributed by atoms with E-state index >= 15 is 0 Å². The quantitative estimate of drug-likeness (QED) is 0.187. The summed E-state index contributed by atoms with van der Waals surface area (Å²) in [5.74, 6) is -1.24. The molecule has 0 amide bonds. The van der Waals surface area contributed by atoms with Gasteiger partial charge in [0.1, 0.15) is 11.4 Å². The Kier molecular flexibility index (Phi) is 9.33. The Balaban J connectivity index is 0.000000185. The van der Waals surface area contributed by atoms with E-state index in [1.165, 1.54) is 51.6 Å². The molecule has 0 unspecified atom stereocenters. The van der Waals surface area contributed by atoms with Crippen LogP contribution in [0.5, 0.6) is 0 Å². The predicted octanol–water partition coefficient (Wildman–Crippen LogP) is 8.12. The Morgan fingerprint density at radius 1 is 0.638 bits per heavy atom. The number of rotatable bonds is 6. The zero-order valence-corrected chi connectivity index (χ0v) is 28.6. The summed E-state index contributed by atoms with van der Waals surface area (Å²) in [5.41, 5.74) is 14.2. The fourth-order valence-corrected chi connectivity index (χ4v) is 6.67. The number of esters is 1. The van der Waals surface area contributed by atoms with Gasteiger partial charge >= 0.3 is 11.9 Å². The van der Waals surface area contributed by atoms with Crippen LogP contribution in [0.25, 0.3) is 21.8 Å². The van der Waals surface area contributed by atoms with E-state index in [4.69, 9.17) is 4.74 Å². The molecule has 0 saturated heterocycles. The maximum Gasteiger partial charge on any atom is 0.354 e. The molecule has 6 rings (SSSR count). The van der Waals surface area contributed by atoms with E-state index in [1.54, 1.807) is 18.5 Å². The lowest BCUT2D eigenvalue weighted by atomic mass is 9.99. The van der Waals surface area contributed by atoms with Gasteiger partial charge in [-0.3, -0.25) is 9.97 Å². The molecule has 47 heavy (non-hydrogen) atoms. The number of carbonyl (C=O) groups excluding carboxylic acids is 1. The van der Waals surface area contributed by atoms with Crippen molar-refractivity contribution in [2.75, 3.05) is 7.11 Å². The highest BCUT2D eigenvalue weighted by Gasteiger charge is 2.20. The third kappa shape index (κ3) is 6.54. The largest absolute Gasteiger partial charge is 0.477 e. The van der Waals surface area contributed by atoms with E-state index in [2.05, 4.69) is 75.8 Å². The third-order valence-electron chi connectivity index (χ3n) is 8.98. The fourth-order valence-electron chi connectivity index (χ4n) is 6.67. The average molecular weight is 631 g/mol. The molecule has 0 spiro atoms. The summed E-state index contributed by atoms with van der Waals surface area (Å²) < 4.78 is 8.88. The number of pyridine rings is 2. The molecule has 0 aliphatic rings. The molecular weight excluding hydrogens is 588 g/mol. The molecule has 0 atom stereocenters. The van der Waals surface area contributed by atoms with E-state index in [1.807, 2.05) is 41.2 Å². The predicted molar refractivity (Wildman–Crippen MR) is 187 cm³/mol. The topological polar surface area (TPSA) is 99.2 Å². The minimum absolute atomic E-state index is 0.301. The number of benzene rings is 2. The van der Waals surface area contributed by atoms with Crippen molar-refractivity contribution < 1.29 is 19.4 Å². The van der Waals surface area contributed by atoms with Gasteiger partial charge in [0.15, 0.2) is 0 Å². The smallest absolute Gasteiger partial charge is 0.354 e. The summed E-state index contributed by atoms with van der Waals surface area (Å²) >= 11 is 0. The first-order chi connectivity index (χ1) is 22.3. The van der Waals surface area contributed by atoms with Crippen molar-refractivity contribution in [1.29, 1.82) is 0 Å². The molecule has 4 aromatic heterocycles. The standard InChI is InChI=1S/C20H22N2O2.C19H20N2O2/c1-12-8-13(2)17(14(3)9-12)11-22-18-6-7-21-15(4)16(18)10-19(22)20(23)24-5;1-11-7-12(2)16(13(3)8-11)10-21-17-5-6-20-14(4)15(17)9-18(21)19(22)23/h6-10H,11H2,1-5H3;5-9H,10H2,1-4H3,(H,22,23). The lowest BCUT2D eigenvalue weighted by Crippen LogP contribution is -2.12. The summed E-state index contributed by atoms with van der Waals surface area (Å²) in [4.78, 5) is 32.5. The molecule has 0 fully saturated rings. The summed E-state index contributed by atoms with van der Waals surface area (Å²) in [6.45, 7) is 17.6. The van der Waals surface area contributed by atoms with Crippen molar-refractivity contribution >= 4 is 33.7 Å². The van der Waals surface area contributed by atoms with Gasteiger partial charge in [-0.15, -0.1) is 0 Å². The van der Waals surface area contributed by atoms with Crippen molar-refractivity contribution in [1.82, 2.24) is 19.1 Å². The average Bonchev–Trinajstić information content (AvgIpc) is 3.57. The third-order valence-corrected chi connectivity index (χ3v) is 8.98. The van der Waals surface area contributed by atoms with Crippen LogP contribution < -0.4 is 0 Å². The van der Waals surface area contributed by atoms with Crippen LogP contribution in [0.2, 0.25) is 0 Å². The van der Waals surface area contributed by atoms with Crippen molar-refractivity contribution in [2.45, 2.75) is 68.5 Å². The van der Waals surface area contributed by atoms with Gasteiger partial charge in [0.25, 0.3) is 0 Å². The van der Waals surface area contributed by atoms with E-state index in [9.17, 15) is 14.7 Å². The van der Waals surface area contributed by atoms with Crippen LogP contribution in [0, 0.1) is 55.4 Å². The van der Waals surface area contributed by atoms with Crippen LogP contribution in [-0.2, 0) is 17.8 Å². The summed E-state index contributed by atoms with van der Waals surface area (Å²) in [6, 6.07) is 16.1.